The Bertz CT molecular complexity index is 1250. The van der Waals surface area contributed by atoms with Crippen molar-refractivity contribution >= 4 is 35.1 Å². The van der Waals surface area contributed by atoms with E-state index in [0.29, 0.717) is 37.7 Å². The Morgan fingerprint density at radius 3 is 2.58 bits per heavy atom. The Morgan fingerprint density at radius 2 is 1.85 bits per heavy atom. The summed E-state index contributed by atoms with van der Waals surface area (Å²) in [5.41, 5.74) is 3.28. The van der Waals surface area contributed by atoms with Gasteiger partial charge in [-0.2, -0.15) is 0 Å². The van der Waals surface area contributed by atoms with Crippen LogP contribution >= 0.6 is 0 Å². The number of aromatic nitrogens is 1. The lowest BCUT2D eigenvalue weighted by Crippen LogP contribution is -2.45. The Kier molecular flexibility index (Phi) is 8.26. The van der Waals surface area contributed by atoms with Crippen LogP contribution in [0.15, 0.2) is 30.5 Å². The minimum Gasteiger partial charge on any atom is -0.442 e. The van der Waals surface area contributed by atoms with E-state index in [1.54, 1.807) is 18.3 Å². The lowest BCUT2D eigenvalue weighted by Gasteiger charge is -2.30. The number of halogens is 2. The van der Waals surface area contributed by atoms with Crippen molar-refractivity contribution < 1.29 is 32.6 Å². The first-order valence-corrected chi connectivity index (χ1v) is 13.1. The van der Waals surface area contributed by atoms with Crippen molar-refractivity contribution in [3.63, 3.8) is 0 Å². The normalized spacial score (nSPS) is 19.9. The van der Waals surface area contributed by atoms with Crippen molar-refractivity contribution in [1.82, 2.24) is 20.7 Å². The average molecular weight is 560 g/mol. The summed E-state index contributed by atoms with van der Waals surface area (Å²) in [5.74, 6) is -1.66. The first kappa shape index (κ1) is 27.5. The number of hydrogen-bond acceptors (Lipinski definition) is 9. The van der Waals surface area contributed by atoms with Crippen LogP contribution in [0.1, 0.15) is 17.3 Å². The molecule has 14 heteroatoms. The molecule has 3 saturated heterocycles. The summed E-state index contributed by atoms with van der Waals surface area (Å²) in [6.07, 6.45) is 0.257. The van der Waals surface area contributed by atoms with Crippen molar-refractivity contribution in [3.05, 3.63) is 47.7 Å². The molecule has 3 aliphatic rings. The largest absolute Gasteiger partial charge is 0.442 e. The fourth-order valence-electron chi connectivity index (χ4n) is 4.97. The van der Waals surface area contributed by atoms with Gasteiger partial charge in [0.05, 0.1) is 44.1 Å². The average Bonchev–Trinajstić information content (AvgIpc) is 3.16. The Labute approximate surface area is 229 Å². The molecule has 0 spiro atoms. The molecule has 2 aromatic rings. The first-order chi connectivity index (χ1) is 19.3. The van der Waals surface area contributed by atoms with E-state index in [1.165, 1.54) is 16.8 Å². The molecule has 1 atom stereocenters. The molecule has 0 aliphatic carbocycles. The number of cyclic esters (lactones) is 1. The van der Waals surface area contributed by atoms with Crippen molar-refractivity contribution in [2.45, 2.75) is 13.0 Å². The van der Waals surface area contributed by atoms with Gasteiger partial charge in [-0.05, 0) is 12.1 Å². The number of anilines is 3. The molecule has 0 saturated carbocycles. The van der Waals surface area contributed by atoms with Gasteiger partial charge in [-0.25, -0.2) is 24.0 Å². The molecule has 2 N–H and O–H groups in total. The van der Waals surface area contributed by atoms with E-state index < -0.39 is 23.8 Å². The fourth-order valence-corrected chi connectivity index (χ4v) is 4.97. The minimum absolute atomic E-state index is 0.0195. The maximum absolute atomic E-state index is 15.3. The predicted octanol–water partition coefficient (Wildman–Crippen LogP) is 1.12. The van der Waals surface area contributed by atoms with Crippen LogP contribution < -0.4 is 25.4 Å². The van der Waals surface area contributed by atoms with Crippen LogP contribution in [-0.4, -0.2) is 99.6 Å². The van der Waals surface area contributed by atoms with E-state index in [9.17, 15) is 14.4 Å². The zero-order valence-electron chi connectivity index (χ0n) is 22.1. The van der Waals surface area contributed by atoms with Gasteiger partial charge < -0.3 is 24.6 Å². The second kappa shape index (κ2) is 12.0. The van der Waals surface area contributed by atoms with Gasteiger partial charge in [0.1, 0.15) is 17.6 Å². The van der Waals surface area contributed by atoms with Crippen molar-refractivity contribution in [2.24, 2.45) is 0 Å². The third-order valence-corrected chi connectivity index (χ3v) is 6.93. The van der Waals surface area contributed by atoms with Crippen LogP contribution in [-0.2, 0) is 14.3 Å². The molecule has 5 rings (SSSR count). The summed E-state index contributed by atoms with van der Waals surface area (Å²) < 4.78 is 41.2. The van der Waals surface area contributed by atoms with Crippen molar-refractivity contribution in [2.75, 3.05) is 80.3 Å². The highest BCUT2D eigenvalue weighted by Crippen LogP contribution is 2.31. The van der Waals surface area contributed by atoms with E-state index >= 15 is 8.78 Å². The topological polar surface area (TPSA) is 120 Å². The highest BCUT2D eigenvalue weighted by molar-refractivity contribution is 5.98. The van der Waals surface area contributed by atoms with Crippen LogP contribution in [0, 0.1) is 11.6 Å². The number of nitrogens with zero attached hydrogens (tertiary/aromatic N) is 5. The number of benzene rings is 1. The number of rotatable bonds is 6. The molecule has 0 bridgehead atoms. The molecule has 12 nitrogen and oxygen atoms in total. The highest BCUT2D eigenvalue weighted by Gasteiger charge is 2.34. The highest BCUT2D eigenvalue weighted by atomic mass is 19.1. The van der Waals surface area contributed by atoms with Gasteiger partial charge in [0, 0.05) is 58.0 Å². The summed E-state index contributed by atoms with van der Waals surface area (Å²) in [4.78, 5) is 46.0. The van der Waals surface area contributed by atoms with Gasteiger partial charge in [-0.3, -0.25) is 19.5 Å². The molecule has 1 aromatic heterocycles. The van der Waals surface area contributed by atoms with Crippen LogP contribution in [0.4, 0.5) is 30.8 Å². The van der Waals surface area contributed by atoms with Crippen LogP contribution in [0.5, 0.6) is 0 Å². The van der Waals surface area contributed by atoms with Crippen LogP contribution in [0.2, 0.25) is 0 Å². The van der Waals surface area contributed by atoms with Crippen LogP contribution in [0.3, 0.4) is 0 Å². The summed E-state index contributed by atoms with van der Waals surface area (Å²) in [5, 5.41) is 4.00. The molecule has 214 valence electrons. The smallest absolute Gasteiger partial charge is 0.414 e. The molecule has 3 amide bonds. The molecule has 3 fully saturated rings. The van der Waals surface area contributed by atoms with Crippen molar-refractivity contribution in [1.29, 1.82) is 0 Å². The molecule has 40 heavy (non-hydrogen) atoms. The second-order valence-corrected chi connectivity index (χ2v) is 9.64. The zero-order chi connectivity index (χ0) is 28.2. The Hall–Kier alpha value is -4.04. The molecular formula is C26H31F2N7O5. The fraction of sp³-hybridized carbons (Fsp3) is 0.462. The number of morpholine rings is 1. The number of hydrogen-bond donors (Lipinski definition) is 2. The first-order valence-electron chi connectivity index (χ1n) is 13.1. The number of carbonyl (C=O) groups is 3. The Balaban J connectivity index is 1.27. The molecular weight excluding hydrogens is 528 g/mol. The number of amides is 3. The van der Waals surface area contributed by atoms with E-state index in [0.717, 1.165) is 17.0 Å². The lowest BCUT2D eigenvalue weighted by molar-refractivity contribution is -0.119. The van der Waals surface area contributed by atoms with Gasteiger partial charge in [0.25, 0.3) is 5.91 Å². The monoisotopic (exact) mass is 559 g/mol. The van der Waals surface area contributed by atoms with Gasteiger partial charge in [-0.15, -0.1) is 0 Å². The molecule has 0 unspecified atom stereocenters. The van der Waals surface area contributed by atoms with Gasteiger partial charge in [-0.1, -0.05) is 0 Å². The number of hydrazine groups is 1. The SMILES string of the molecule is CC(=O)NC[C@H]1CN(c2cc(F)c(N3CCNN(C(=O)c4cccnc4N4CCOCC4)CC3)c(F)c2)C(=O)O1. The maximum atomic E-state index is 15.3. The van der Waals surface area contributed by atoms with E-state index in [4.69, 9.17) is 9.47 Å². The molecule has 4 heterocycles. The number of nitrogens with one attached hydrogen (secondary N) is 2. The van der Waals surface area contributed by atoms with Gasteiger partial charge in [0.2, 0.25) is 5.91 Å². The summed E-state index contributed by atoms with van der Waals surface area (Å²) >= 11 is 0. The standard InChI is InChI=1S/C26H31F2N7O5/c1-17(36)30-15-19-16-34(26(38)40-19)18-13-21(27)23(22(28)14-18)32-6-5-31-35(8-7-32)25(37)20-3-2-4-29-24(20)33-9-11-39-12-10-33/h2-4,13-14,19,31H,5-12,15-16H2,1H3,(H,30,36)/t19-/m0/s1. The lowest BCUT2D eigenvalue weighted by atomic mass is 10.2. The summed E-state index contributed by atoms with van der Waals surface area (Å²) in [6, 6.07) is 5.59. The number of carbonyl (C=O) groups excluding carboxylic acids is 3. The maximum Gasteiger partial charge on any atom is 0.414 e. The number of pyridine rings is 1. The van der Waals surface area contributed by atoms with Crippen LogP contribution in [0.25, 0.3) is 0 Å². The third-order valence-electron chi connectivity index (χ3n) is 6.93. The van der Waals surface area contributed by atoms with E-state index in [1.807, 2.05) is 4.90 Å². The molecule has 0 radical (unpaired) electrons. The van der Waals surface area contributed by atoms with E-state index in [-0.39, 0.29) is 62.5 Å². The summed E-state index contributed by atoms with van der Waals surface area (Å²) in [7, 11) is 0. The van der Waals surface area contributed by atoms with E-state index in [2.05, 4.69) is 15.7 Å². The minimum atomic E-state index is -0.838. The predicted molar refractivity (Wildman–Crippen MR) is 141 cm³/mol. The quantitative estimate of drug-likeness (QED) is 0.537. The van der Waals surface area contributed by atoms with Crippen molar-refractivity contribution in [3.8, 4) is 0 Å². The van der Waals surface area contributed by atoms with Gasteiger partial charge >= 0.3 is 6.09 Å². The Morgan fingerprint density at radius 1 is 1.10 bits per heavy atom. The third kappa shape index (κ3) is 5.92. The molecule has 3 aliphatic heterocycles. The van der Waals surface area contributed by atoms with Gasteiger partial charge in [0.15, 0.2) is 11.6 Å². The molecule has 1 aromatic carbocycles. The second-order valence-electron chi connectivity index (χ2n) is 9.64. The zero-order valence-corrected chi connectivity index (χ0v) is 22.1. The number of ether oxygens (including phenoxy) is 2. The summed E-state index contributed by atoms with van der Waals surface area (Å²) in [6.45, 7) is 4.68.